The minimum absolute atomic E-state index is 0.829. The molecule has 0 aromatic rings. The number of nitrogens with one attached hydrogen (secondary N) is 1. The third kappa shape index (κ3) is 4.45. The van der Waals surface area contributed by atoms with Gasteiger partial charge in [-0.3, -0.25) is 0 Å². The first-order valence-corrected chi connectivity index (χ1v) is 6.36. The van der Waals surface area contributed by atoms with Crippen LogP contribution in [0.2, 0.25) is 0 Å². The van der Waals surface area contributed by atoms with E-state index in [0.717, 1.165) is 23.8 Å². The molecule has 1 saturated carbocycles. The van der Waals surface area contributed by atoms with Gasteiger partial charge in [0.05, 0.1) is 0 Å². The molecular formula is C13H27N. The van der Waals surface area contributed by atoms with Crippen molar-refractivity contribution in [3.05, 3.63) is 0 Å². The quantitative estimate of drug-likeness (QED) is 0.659. The van der Waals surface area contributed by atoms with Crippen molar-refractivity contribution in [2.45, 2.75) is 59.4 Å². The van der Waals surface area contributed by atoms with Crippen LogP contribution in [0.25, 0.3) is 0 Å². The molecule has 0 aromatic carbocycles. The van der Waals surface area contributed by atoms with Gasteiger partial charge >= 0.3 is 0 Å². The lowest BCUT2D eigenvalue weighted by Gasteiger charge is -2.24. The molecule has 1 fully saturated rings. The van der Waals surface area contributed by atoms with Crippen molar-refractivity contribution in [2.75, 3.05) is 6.54 Å². The molecule has 1 heteroatoms. The van der Waals surface area contributed by atoms with Gasteiger partial charge in [0, 0.05) is 6.04 Å². The van der Waals surface area contributed by atoms with E-state index in [1.165, 1.54) is 32.2 Å². The van der Waals surface area contributed by atoms with Crippen LogP contribution in [-0.4, -0.2) is 12.6 Å². The van der Waals surface area contributed by atoms with Gasteiger partial charge in [0.1, 0.15) is 0 Å². The number of hydrogen-bond acceptors (Lipinski definition) is 1. The zero-order valence-corrected chi connectivity index (χ0v) is 10.3. The topological polar surface area (TPSA) is 12.0 Å². The summed E-state index contributed by atoms with van der Waals surface area (Å²) in [6.45, 7) is 10.7. The Hall–Kier alpha value is -0.0400. The minimum atomic E-state index is 0.829. The van der Waals surface area contributed by atoms with Gasteiger partial charge in [0.2, 0.25) is 0 Å². The molecule has 0 aromatic heterocycles. The summed E-state index contributed by atoms with van der Waals surface area (Å²) in [5, 5.41) is 3.67. The van der Waals surface area contributed by atoms with Gasteiger partial charge in [-0.05, 0) is 43.6 Å². The molecule has 1 aliphatic carbocycles. The molecule has 0 amide bonds. The van der Waals surface area contributed by atoms with Crippen molar-refractivity contribution in [1.82, 2.24) is 5.32 Å². The Kier molecular flexibility index (Phi) is 4.94. The first-order valence-electron chi connectivity index (χ1n) is 6.36. The van der Waals surface area contributed by atoms with E-state index in [1.54, 1.807) is 0 Å². The van der Waals surface area contributed by atoms with Gasteiger partial charge in [-0.1, -0.05) is 34.1 Å². The highest BCUT2D eigenvalue weighted by atomic mass is 14.9. The zero-order valence-electron chi connectivity index (χ0n) is 10.3. The van der Waals surface area contributed by atoms with Crippen molar-refractivity contribution >= 4 is 0 Å². The molecule has 0 radical (unpaired) electrons. The van der Waals surface area contributed by atoms with E-state index in [9.17, 15) is 0 Å². The zero-order chi connectivity index (χ0) is 10.6. The van der Waals surface area contributed by atoms with E-state index in [1.807, 2.05) is 0 Å². The largest absolute Gasteiger partial charge is 0.314 e. The number of rotatable bonds is 7. The van der Waals surface area contributed by atoms with Crippen molar-refractivity contribution in [3.8, 4) is 0 Å². The van der Waals surface area contributed by atoms with Crippen LogP contribution in [0, 0.1) is 17.8 Å². The average Bonchev–Trinajstić information content (AvgIpc) is 2.94. The van der Waals surface area contributed by atoms with Crippen molar-refractivity contribution in [1.29, 1.82) is 0 Å². The van der Waals surface area contributed by atoms with E-state index in [4.69, 9.17) is 0 Å². The van der Waals surface area contributed by atoms with Crippen molar-refractivity contribution in [3.63, 3.8) is 0 Å². The maximum atomic E-state index is 3.67. The lowest BCUT2D eigenvalue weighted by atomic mass is 9.86. The Labute approximate surface area is 89.7 Å². The van der Waals surface area contributed by atoms with Gasteiger partial charge in [0.25, 0.3) is 0 Å². The predicted molar refractivity (Wildman–Crippen MR) is 63.4 cm³/mol. The fraction of sp³-hybridized carbons (Fsp3) is 1.00. The van der Waals surface area contributed by atoms with E-state index in [-0.39, 0.29) is 0 Å². The van der Waals surface area contributed by atoms with Gasteiger partial charge in [-0.25, -0.2) is 0 Å². The maximum absolute atomic E-state index is 3.67. The molecule has 0 aliphatic heterocycles. The summed E-state index contributed by atoms with van der Waals surface area (Å²) in [5.41, 5.74) is 0. The summed E-state index contributed by atoms with van der Waals surface area (Å²) in [6, 6.07) is 0.869. The average molecular weight is 197 g/mol. The summed E-state index contributed by atoms with van der Waals surface area (Å²) in [5.74, 6) is 2.60. The molecule has 1 nitrogen and oxygen atoms in total. The smallest absolute Gasteiger partial charge is 0.00683 e. The summed E-state index contributed by atoms with van der Waals surface area (Å²) >= 11 is 0. The third-order valence-corrected chi connectivity index (χ3v) is 3.59. The van der Waals surface area contributed by atoms with Crippen molar-refractivity contribution < 1.29 is 0 Å². The predicted octanol–water partition coefficient (Wildman–Crippen LogP) is 3.45. The standard InChI is InChI=1S/C13H27N/c1-5-11(4)8-12(10(2)3)9-14-13-6-7-13/h10-14H,5-9H2,1-4H3. The normalized spacial score (nSPS) is 21.2. The lowest BCUT2D eigenvalue weighted by molar-refractivity contribution is 0.290. The second-order valence-electron chi connectivity index (χ2n) is 5.44. The van der Waals surface area contributed by atoms with E-state index in [2.05, 4.69) is 33.0 Å². The number of hydrogen-bond donors (Lipinski definition) is 1. The molecule has 14 heavy (non-hydrogen) atoms. The Morgan fingerprint density at radius 2 is 1.86 bits per heavy atom. The molecule has 1 rings (SSSR count). The first kappa shape index (κ1) is 12.0. The fourth-order valence-corrected chi connectivity index (χ4v) is 1.88. The fourth-order valence-electron chi connectivity index (χ4n) is 1.88. The SMILES string of the molecule is CCC(C)CC(CNC1CC1)C(C)C. The van der Waals surface area contributed by atoms with Gasteiger partial charge < -0.3 is 5.32 Å². The molecule has 1 aliphatic rings. The van der Waals surface area contributed by atoms with E-state index < -0.39 is 0 Å². The second-order valence-corrected chi connectivity index (χ2v) is 5.44. The lowest BCUT2D eigenvalue weighted by Crippen LogP contribution is -2.29. The minimum Gasteiger partial charge on any atom is -0.314 e. The Bertz CT molecular complexity index is 149. The molecule has 2 unspecified atom stereocenters. The van der Waals surface area contributed by atoms with E-state index >= 15 is 0 Å². The Morgan fingerprint density at radius 3 is 2.29 bits per heavy atom. The molecule has 84 valence electrons. The molecule has 1 N–H and O–H groups in total. The van der Waals surface area contributed by atoms with Crippen LogP contribution in [-0.2, 0) is 0 Å². The molecule has 0 saturated heterocycles. The third-order valence-electron chi connectivity index (χ3n) is 3.59. The monoisotopic (exact) mass is 197 g/mol. The summed E-state index contributed by atoms with van der Waals surface area (Å²) < 4.78 is 0. The summed E-state index contributed by atoms with van der Waals surface area (Å²) in [4.78, 5) is 0. The highest BCUT2D eigenvalue weighted by Gasteiger charge is 2.23. The summed E-state index contributed by atoms with van der Waals surface area (Å²) in [6.07, 6.45) is 5.54. The van der Waals surface area contributed by atoms with Crippen molar-refractivity contribution in [2.24, 2.45) is 17.8 Å². The van der Waals surface area contributed by atoms with Crippen LogP contribution in [0.4, 0.5) is 0 Å². The van der Waals surface area contributed by atoms with Crippen LogP contribution < -0.4 is 5.32 Å². The van der Waals surface area contributed by atoms with Crippen LogP contribution in [0.3, 0.4) is 0 Å². The van der Waals surface area contributed by atoms with Crippen LogP contribution in [0.1, 0.15) is 53.4 Å². The van der Waals surface area contributed by atoms with Crippen LogP contribution in [0.15, 0.2) is 0 Å². The maximum Gasteiger partial charge on any atom is 0.00683 e. The second kappa shape index (κ2) is 5.75. The molecule has 2 atom stereocenters. The molecule has 0 spiro atoms. The van der Waals surface area contributed by atoms with Gasteiger partial charge in [-0.2, -0.15) is 0 Å². The highest BCUT2D eigenvalue weighted by Crippen LogP contribution is 2.24. The molecule has 0 heterocycles. The Balaban J connectivity index is 2.21. The highest BCUT2D eigenvalue weighted by molar-refractivity contribution is 4.82. The molecular weight excluding hydrogens is 170 g/mol. The van der Waals surface area contributed by atoms with Crippen LogP contribution >= 0.6 is 0 Å². The van der Waals surface area contributed by atoms with Crippen LogP contribution in [0.5, 0.6) is 0 Å². The van der Waals surface area contributed by atoms with E-state index in [0.29, 0.717) is 0 Å². The summed E-state index contributed by atoms with van der Waals surface area (Å²) in [7, 11) is 0. The first-order chi connectivity index (χ1) is 6.63. The van der Waals surface area contributed by atoms with Gasteiger partial charge in [-0.15, -0.1) is 0 Å². The molecule has 0 bridgehead atoms. The van der Waals surface area contributed by atoms with Gasteiger partial charge in [0.15, 0.2) is 0 Å². The Morgan fingerprint density at radius 1 is 1.21 bits per heavy atom.